The lowest BCUT2D eigenvalue weighted by Crippen LogP contribution is -2.36. The number of hydrogen-bond donors (Lipinski definition) is 2. The number of hydrogen-bond acceptors (Lipinski definition) is 3. The summed E-state index contributed by atoms with van der Waals surface area (Å²) in [6.45, 7) is 3.95. The van der Waals surface area contributed by atoms with Gasteiger partial charge in [0, 0.05) is 22.5 Å². The zero-order valence-corrected chi connectivity index (χ0v) is 14.8. The summed E-state index contributed by atoms with van der Waals surface area (Å²) < 4.78 is 5.09. The fourth-order valence-electron chi connectivity index (χ4n) is 2.38. The molecule has 0 fully saturated rings. The van der Waals surface area contributed by atoms with Gasteiger partial charge in [0.2, 0.25) is 0 Å². The van der Waals surface area contributed by atoms with Crippen LogP contribution in [0.25, 0.3) is 0 Å². The van der Waals surface area contributed by atoms with Gasteiger partial charge in [-0.15, -0.1) is 0 Å². The van der Waals surface area contributed by atoms with E-state index in [0.29, 0.717) is 22.9 Å². The molecular formula is C19H20ClNO4. The highest BCUT2D eigenvalue weighted by Crippen LogP contribution is 2.29. The maximum absolute atomic E-state index is 12.4. The first kappa shape index (κ1) is 18.8. The molecule has 1 amide bonds. The summed E-state index contributed by atoms with van der Waals surface area (Å²) in [6.07, 6.45) is 0. The van der Waals surface area contributed by atoms with Crippen molar-refractivity contribution in [1.82, 2.24) is 5.32 Å². The van der Waals surface area contributed by atoms with E-state index in [1.54, 1.807) is 18.2 Å². The van der Waals surface area contributed by atoms with E-state index in [1.807, 2.05) is 38.1 Å². The third-order valence-corrected chi connectivity index (χ3v) is 4.08. The number of halogens is 1. The van der Waals surface area contributed by atoms with Crippen molar-refractivity contribution < 1.29 is 19.4 Å². The zero-order chi connectivity index (χ0) is 18.4. The number of amides is 1. The van der Waals surface area contributed by atoms with E-state index in [-0.39, 0.29) is 11.3 Å². The summed E-state index contributed by atoms with van der Waals surface area (Å²) >= 11 is 6.24. The second kappa shape index (κ2) is 8.03. The van der Waals surface area contributed by atoms with Crippen LogP contribution >= 0.6 is 11.6 Å². The Bertz CT molecular complexity index is 774. The van der Waals surface area contributed by atoms with Gasteiger partial charge in [0.05, 0.1) is 0 Å². The first-order valence-corrected chi connectivity index (χ1v) is 8.15. The molecule has 0 unspecified atom stereocenters. The molecule has 0 aromatic heterocycles. The minimum absolute atomic E-state index is 0.263. The van der Waals surface area contributed by atoms with Gasteiger partial charge in [-0.25, -0.2) is 4.79 Å². The summed E-state index contributed by atoms with van der Waals surface area (Å²) in [7, 11) is 0. The molecule has 0 bridgehead atoms. The molecule has 0 saturated carbocycles. The number of carboxylic acids is 1. The van der Waals surface area contributed by atoms with E-state index in [1.165, 1.54) is 6.07 Å². The van der Waals surface area contributed by atoms with Gasteiger partial charge in [-0.1, -0.05) is 49.7 Å². The van der Waals surface area contributed by atoms with Crippen LogP contribution in [0.2, 0.25) is 5.02 Å². The Hall–Kier alpha value is -2.53. The number of carbonyl (C=O) groups is 2. The first-order valence-electron chi connectivity index (χ1n) is 7.77. The number of ether oxygens (including phenoxy) is 1. The standard InChI is InChI=1S/C19H20ClNO4/c1-19(2,15-8-3-4-9-16(15)20)12-21-18(24)13-6-5-7-14(10-13)25-11-17(22)23/h3-10H,11-12H2,1-2H3,(H,21,24)(H,22,23). The molecule has 6 heteroatoms. The predicted octanol–water partition coefficient (Wildman–Crippen LogP) is 3.51. The minimum Gasteiger partial charge on any atom is -0.482 e. The van der Waals surface area contributed by atoms with Gasteiger partial charge < -0.3 is 15.2 Å². The second-order valence-electron chi connectivity index (χ2n) is 6.26. The third-order valence-electron chi connectivity index (χ3n) is 3.75. The largest absolute Gasteiger partial charge is 0.482 e. The van der Waals surface area contributed by atoms with Gasteiger partial charge in [-0.05, 0) is 29.8 Å². The van der Waals surface area contributed by atoms with Crippen molar-refractivity contribution in [2.45, 2.75) is 19.3 Å². The summed E-state index contributed by atoms with van der Waals surface area (Å²) in [5.74, 6) is -1.00. The van der Waals surface area contributed by atoms with Gasteiger partial charge in [-0.3, -0.25) is 4.79 Å². The van der Waals surface area contributed by atoms with E-state index in [2.05, 4.69) is 5.32 Å². The van der Waals surface area contributed by atoms with Gasteiger partial charge in [0.25, 0.3) is 5.91 Å². The summed E-state index contributed by atoms with van der Waals surface area (Å²) in [4.78, 5) is 22.9. The second-order valence-corrected chi connectivity index (χ2v) is 6.66. The van der Waals surface area contributed by atoms with Crippen LogP contribution in [0.5, 0.6) is 5.75 Å². The quantitative estimate of drug-likeness (QED) is 0.791. The summed E-state index contributed by atoms with van der Waals surface area (Å²) in [6, 6.07) is 13.9. The van der Waals surface area contributed by atoms with Crippen molar-refractivity contribution in [3.05, 3.63) is 64.7 Å². The van der Waals surface area contributed by atoms with Gasteiger partial charge in [0.15, 0.2) is 6.61 Å². The number of nitrogens with one attached hydrogen (secondary N) is 1. The monoisotopic (exact) mass is 361 g/mol. The molecule has 0 aliphatic rings. The van der Waals surface area contributed by atoms with Crippen molar-refractivity contribution in [2.24, 2.45) is 0 Å². The topological polar surface area (TPSA) is 75.6 Å². The smallest absolute Gasteiger partial charge is 0.341 e. The molecule has 0 radical (unpaired) electrons. The lowest BCUT2D eigenvalue weighted by molar-refractivity contribution is -0.139. The fourth-order valence-corrected chi connectivity index (χ4v) is 2.77. The fraction of sp³-hybridized carbons (Fsp3) is 0.263. The van der Waals surface area contributed by atoms with Crippen LogP contribution in [-0.2, 0) is 10.2 Å². The molecule has 0 spiro atoms. The molecule has 25 heavy (non-hydrogen) atoms. The first-order chi connectivity index (χ1) is 11.8. The molecule has 0 aliphatic heterocycles. The molecule has 2 N–H and O–H groups in total. The van der Waals surface area contributed by atoms with E-state index in [0.717, 1.165) is 5.56 Å². The number of benzene rings is 2. The van der Waals surface area contributed by atoms with E-state index < -0.39 is 12.6 Å². The minimum atomic E-state index is -1.07. The molecule has 5 nitrogen and oxygen atoms in total. The molecule has 2 aromatic carbocycles. The van der Waals surface area contributed by atoms with Crippen molar-refractivity contribution >= 4 is 23.5 Å². The predicted molar refractivity (Wildman–Crippen MR) is 96.4 cm³/mol. The number of carbonyl (C=O) groups excluding carboxylic acids is 1. The number of aliphatic carboxylic acids is 1. The molecule has 0 atom stereocenters. The average Bonchev–Trinajstić information content (AvgIpc) is 2.58. The SMILES string of the molecule is CC(C)(CNC(=O)c1cccc(OCC(=O)O)c1)c1ccccc1Cl. The Balaban J connectivity index is 2.03. The van der Waals surface area contributed by atoms with Crippen LogP contribution in [-0.4, -0.2) is 30.1 Å². The summed E-state index contributed by atoms with van der Waals surface area (Å²) in [5.41, 5.74) is 1.01. The molecule has 0 aliphatic carbocycles. The van der Waals surface area contributed by atoms with Crippen LogP contribution in [0.4, 0.5) is 0 Å². The molecule has 2 aromatic rings. The van der Waals surface area contributed by atoms with Crippen LogP contribution in [0.1, 0.15) is 29.8 Å². The normalized spacial score (nSPS) is 11.0. The number of carboxylic acid groups (broad SMARTS) is 1. The van der Waals surface area contributed by atoms with E-state index in [4.69, 9.17) is 21.4 Å². The number of rotatable bonds is 7. The van der Waals surface area contributed by atoms with Gasteiger partial charge in [-0.2, -0.15) is 0 Å². The maximum Gasteiger partial charge on any atom is 0.341 e. The van der Waals surface area contributed by atoms with Crippen molar-refractivity contribution in [3.8, 4) is 5.75 Å². The Labute approximate surface area is 151 Å². The molecular weight excluding hydrogens is 342 g/mol. The highest BCUT2D eigenvalue weighted by atomic mass is 35.5. The molecule has 0 heterocycles. The summed E-state index contributed by atoms with van der Waals surface area (Å²) in [5, 5.41) is 12.2. The average molecular weight is 362 g/mol. The van der Waals surface area contributed by atoms with E-state index >= 15 is 0 Å². The highest BCUT2D eigenvalue weighted by Gasteiger charge is 2.24. The maximum atomic E-state index is 12.4. The van der Waals surface area contributed by atoms with Crippen LogP contribution in [0.15, 0.2) is 48.5 Å². The van der Waals surface area contributed by atoms with Crippen LogP contribution in [0, 0.1) is 0 Å². The van der Waals surface area contributed by atoms with Crippen LogP contribution < -0.4 is 10.1 Å². The Morgan fingerprint density at radius 3 is 2.56 bits per heavy atom. The Morgan fingerprint density at radius 2 is 1.88 bits per heavy atom. The third kappa shape index (κ3) is 5.22. The van der Waals surface area contributed by atoms with Crippen molar-refractivity contribution in [3.63, 3.8) is 0 Å². The Kier molecular flexibility index (Phi) is 6.04. The van der Waals surface area contributed by atoms with E-state index in [9.17, 15) is 9.59 Å². The lowest BCUT2D eigenvalue weighted by Gasteiger charge is -2.26. The zero-order valence-electron chi connectivity index (χ0n) is 14.1. The van der Waals surface area contributed by atoms with Gasteiger partial charge >= 0.3 is 5.97 Å². The van der Waals surface area contributed by atoms with Crippen molar-refractivity contribution in [1.29, 1.82) is 0 Å². The molecule has 132 valence electrons. The van der Waals surface area contributed by atoms with Gasteiger partial charge in [0.1, 0.15) is 5.75 Å². The van der Waals surface area contributed by atoms with Crippen molar-refractivity contribution in [2.75, 3.05) is 13.2 Å². The molecule has 0 saturated heterocycles. The Morgan fingerprint density at radius 1 is 1.16 bits per heavy atom. The van der Waals surface area contributed by atoms with Crippen LogP contribution in [0.3, 0.4) is 0 Å². The highest BCUT2D eigenvalue weighted by molar-refractivity contribution is 6.31. The molecule has 2 rings (SSSR count). The lowest BCUT2D eigenvalue weighted by atomic mass is 9.84.